The summed E-state index contributed by atoms with van der Waals surface area (Å²) in [6.45, 7) is 7.67. The first-order valence-electron chi connectivity index (χ1n) is 7.16. The SMILES string of the molecule is CCC1(C)C(=O)NC(C)C(=O)N1CCCOCCOC. The summed E-state index contributed by atoms with van der Waals surface area (Å²) >= 11 is 0. The molecule has 116 valence electrons. The Bertz CT molecular complexity index is 348. The monoisotopic (exact) mass is 286 g/mol. The Morgan fingerprint density at radius 2 is 2.00 bits per heavy atom. The smallest absolute Gasteiger partial charge is 0.246 e. The van der Waals surface area contributed by atoms with Crippen LogP contribution in [0, 0.1) is 0 Å². The molecule has 1 heterocycles. The zero-order valence-electron chi connectivity index (χ0n) is 12.9. The van der Waals surface area contributed by atoms with Gasteiger partial charge in [0.15, 0.2) is 0 Å². The van der Waals surface area contributed by atoms with Crippen LogP contribution >= 0.6 is 0 Å². The molecule has 0 bridgehead atoms. The Balaban J connectivity index is 2.54. The number of rotatable bonds is 8. The van der Waals surface area contributed by atoms with E-state index in [1.165, 1.54) is 0 Å². The number of amides is 2. The van der Waals surface area contributed by atoms with Crippen LogP contribution in [0.25, 0.3) is 0 Å². The molecule has 6 nitrogen and oxygen atoms in total. The first-order valence-corrected chi connectivity index (χ1v) is 7.16. The number of hydrogen-bond donors (Lipinski definition) is 1. The minimum absolute atomic E-state index is 0.0224. The van der Waals surface area contributed by atoms with E-state index in [9.17, 15) is 9.59 Å². The van der Waals surface area contributed by atoms with Crippen LogP contribution < -0.4 is 5.32 Å². The van der Waals surface area contributed by atoms with Gasteiger partial charge in [-0.15, -0.1) is 0 Å². The normalized spacial score (nSPS) is 26.8. The number of nitrogens with one attached hydrogen (secondary N) is 1. The van der Waals surface area contributed by atoms with Crippen LogP contribution in [-0.4, -0.2) is 61.8 Å². The molecule has 0 aliphatic carbocycles. The van der Waals surface area contributed by atoms with E-state index in [-0.39, 0.29) is 11.8 Å². The number of methoxy groups -OCH3 is 1. The van der Waals surface area contributed by atoms with Gasteiger partial charge >= 0.3 is 0 Å². The number of hydrogen-bond acceptors (Lipinski definition) is 4. The zero-order chi connectivity index (χ0) is 15.2. The van der Waals surface area contributed by atoms with Crippen molar-refractivity contribution in [3.63, 3.8) is 0 Å². The molecule has 1 fully saturated rings. The van der Waals surface area contributed by atoms with Crippen LogP contribution in [-0.2, 0) is 19.1 Å². The van der Waals surface area contributed by atoms with Crippen molar-refractivity contribution in [2.24, 2.45) is 0 Å². The molecule has 0 saturated carbocycles. The minimum Gasteiger partial charge on any atom is -0.382 e. The van der Waals surface area contributed by atoms with Crippen molar-refractivity contribution < 1.29 is 19.1 Å². The number of piperazine rings is 1. The highest BCUT2D eigenvalue weighted by Crippen LogP contribution is 2.25. The highest BCUT2D eigenvalue weighted by molar-refractivity contribution is 5.99. The summed E-state index contributed by atoms with van der Waals surface area (Å²) in [5, 5.41) is 2.74. The van der Waals surface area contributed by atoms with E-state index in [4.69, 9.17) is 9.47 Å². The van der Waals surface area contributed by atoms with Crippen molar-refractivity contribution in [1.29, 1.82) is 0 Å². The van der Waals surface area contributed by atoms with E-state index in [1.807, 2.05) is 13.8 Å². The summed E-state index contributed by atoms with van der Waals surface area (Å²) in [5.74, 6) is -0.0988. The average Bonchev–Trinajstić information content (AvgIpc) is 2.43. The maximum Gasteiger partial charge on any atom is 0.246 e. The third-order valence-corrected chi connectivity index (χ3v) is 3.86. The summed E-state index contributed by atoms with van der Waals surface area (Å²) < 4.78 is 10.3. The van der Waals surface area contributed by atoms with Crippen molar-refractivity contribution in [1.82, 2.24) is 10.2 Å². The topological polar surface area (TPSA) is 67.9 Å². The highest BCUT2D eigenvalue weighted by Gasteiger charge is 2.46. The van der Waals surface area contributed by atoms with Gasteiger partial charge in [-0.2, -0.15) is 0 Å². The van der Waals surface area contributed by atoms with E-state index in [0.29, 0.717) is 39.2 Å². The molecule has 20 heavy (non-hydrogen) atoms. The fraction of sp³-hybridized carbons (Fsp3) is 0.857. The van der Waals surface area contributed by atoms with Gasteiger partial charge < -0.3 is 19.7 Å². The molecule has 1 N–H and O–H groups in total. The van der Waals surface area contributed by atoms with Gasteiger partial charge in [0.2, 0.25) is 11.8 Å². The van der Waals surface area contributed by atoms with Gasteiger partial charge in [0.25, 0.3) is 0 Å². The van der Waals surface area contributed by atoms with Crippen LogP contribution in [0.3, 0.4) is 0 Å². The van der Waals surface area contributed by atoms with Gasteiger partial charge in [0, 0.05) is 20.3 Å². The van der Waals surface area contributed by atoms with Gasteiger partial charge in [0.05, 0.1) is 13.2 Å². The number of carbonyl (C=O) groups is 2. The Hall–Kier alpha value is -1.14. The van der Waals surface area contributed by atoms with Crippen molar-refractivity contribution in [2.45, 2.75) is 45.2 Å². The van der Waals surface area contributed by atoms with Crippen LogP contribution in [0.4, 0.5) is 0 Å². The van der Waals surface area contributed by atoms with Gasteiger partial charge in [-0.1, -0.05) is 6.92 Å². The van der Waals surface area contributed by atoms with E-state index in [2.05, 4.69) is 5.32 Å². The van der Waals surface area contributed by atoms with Crippen molar-refractivity contribution >= 4 is 11.8 Å². The number of nitrogens with zero attached hydrogens (tertiary/aromatic N) is 1. The van der Waals surface area contributed by atoms with Crippen molar-refractivity contribution in [3.8, 4) is 0 Å². The zero-order valence-corrected chi connectivity index (χ0v) is 12.9. The largest absolute Gasteiger partial charge is 0.382 e. The van der Waals surface area contributed by atoms with E-state index < -0.39 is 11.6 Å². The minimum atomic E-state index is -0.754. The van der Waals surface area contributed by atoms with Crippen molar-refractivity contribution in [3.05, 3.63) is 0 Å². The van der Waals surface area contributed by atoms with Crippen LogP contribution in [0.1, 0.15) is 33.6 Å². The molecule has 0 aromatic carbocycles. The number of ether oxygens (including phenoxy) is 2. The van der Waals surface area contributed by atoms with Gasteiger partial charge in [-0.3, -0.25) is 9.59 Å². The Kier molecular flexibility index (Phi) is 6.42. The molecule has 2 atom stereocenters. The molecular weight excluding hydrogens is 260 g/mol. The summed E-state index contributed by atoms with van der Waals surface area (Å²) in [5.41, 5.74) is -0.754. The first kappa shape index (κ1) is 16.9. The summed E-state index contributed by atoms with van der Waals surface area (Å²) in [6.07, 6.45) is 1.31. The Labute approximate surface area is 120 Å². The van der Waals surface area contributed by atoms with E-state index in [1.54, 1.807) is 18.9 Å². The first-order chi connectivity index (χ1) is 9.47. The number of carbonyl (C=O) groups excluding carboxylic acids is 2. The molecule has 0 aromatic heterocycles. The second kappa shape index (κ2) is 7.59. The second-order valence-electron chi connectivity index (χ2n) is 5.27. The predicted molar refractivity (Wildman–Crippen MR) is 75.3 cm³/mol. The molecule has 2 unspecified atom stereocenters. The fourth-order valence-electron chi connectivity index (χ4n) is 2.29. The lowest BCUT2D eigenvalue weighted by atomic mass is 9.90. The molecule has 1 rings (SSSR count). The maximum absolute atomic E-state index is 12.3. The van der Waals surface area contributed by atoms with Crippen LogP contribution in [0.15, 0.2) is 0 Å². The van der Waals surface area contributed by atoms with Gasteiger partial charge in [-0.05, 0) is 26.7 Å². The third kappa shape index (κ3) is 3.70. The third-order valence-electron chi connectivity index (χ3n) is 3.86. The molecule has 0 radical (unpaired) electrons. The molecular formula is C14H26N2O4. The lowest BCUT2D eigenvalue weighted by Crippen LogP contribution is -2.68. The lowest BCUT2D eigenvalue weighted by Gasteiger charge is -2.45. The molecule has 6 heteroatoms. The van der Waals surface area contributed by atoms with E-state index >= 15 is 0 Å². The van der Waals surface area contributed by atoms with Gasteiger partial charge in [-0.25, -0.2) is 0 Å². The summed E-state index contributed by atoms with van der Waals surface area (Å²) in [7, 11) is 1.63. The molecule has 2 amide bonds. The molecule has 0 aromatic rings. The predicted octanol–water partition coefficient (Wildman–Crippen LogP) is 0.555. The molecule has 1 aliphatic rings. The Morgan fingerprint density at radius 1 is 1.30 bits per heavy atom. The van der Waals surface area contributed by atoms with Crippen LogP contribution in [0.2, 0.25) is 0 Å². The fourth-order valence-corrected chi connectivity index (χ4v) is 2.29. The van der Waals surface area contributed by atoms with Gasteiger partial charge in [0.1, 0.15) is 11.6 Å². The quantitative estimate of drug-likeness (QED) is 0.662. The maximum atomic E-state index is 12.3. The average molecular weight is 286 g/mol. The van der Waals surface area contributed by atoms with Crippen molar-refractivity contribution in [2.75, 3.05) is 33.5 Å². The second-order valence-corrected chi connectivity index (χ2v) is 5.27. The van der Waals surface area contributed by atoms with E-state index in [0.717, 1.165) is 0 Å². The molecule has 1 aliphatic heterocycles. The summed E-state index contributed by atoms with van der Waals surface area (Å²) in [4.78, 5) is 26.1. The van der Waals surface area contributed by atoms with Crippen LogP contribution in [0.5, 0.6) is 0 Å². The molecule has 0 spiro atoms. The highest BCUT2D eigenvalue weighted by atomic mass is 16.5. The molecule has 1 saturated heterocycles. The summed E-state index contributed by atoms with van der Waals surface area (Å²) in [6, 6.07) is -0.448. The standard InChI is InChI=1S/C14H26N2O4/c1-5-14(3)13(18)15-11(2)12(17)16(14)7-6-8-20-10-9-19-4/h11H,5-10H2,1-4H3,(H,15,18). The lowest BCUT2D eigenvalue weighted by molar-refractivity contribution is -0.156. The Morgan fingerprint density at radius 3 is 2.60 bits per heavy atom.